The first-order valence-electron chi connectivity index (χ1n) is 10.4. The number of hydrogen-bond acceptors (Lipinski definition) is 6. The molecule has 33 heavy (non-hydrogen) atoms. The summed E-state index contributed by atoms with van der Waals surface area (Å²) in [6.07, 6.45) is 0. The predicted octanol–water partition coefficient (Wildman–Crippen LogP) is 3.91. The minimum absolute atomic E-state index is 0.183. The number of nitrogens with one attached hydrogen (secondary N) is 1. The smallest absolute Gasteiger partial charge is 0.267 e. The van der Waals surface area contributed by atoms with Crippen LogP contribution in [0.3, 0.4) is 0 Å². The number of amides is 3. The summed E-state index contributed by atoms with van der Waals surface area (Å²) in [5.41, 5.74) is 2.11. The van der Waals surface area contributed by atoms with Gasteiger partial charge >= 0.3 is 0 Å². The van der Waals surface area contributed by atoms with E-state index in [2.05, 4.69) is 5.32 Å². The van der Waals surface area contributed by atoms with Crippen LogP contribution in [0.15, 0.2) is 53.4 Å². The van der Waals surface area contributed by atoms with E-state index >= 15 is 0 Å². The molecule has 2 aliphatic rings. The molecule has 2 heterocycles. The number of thioether (sulfide) groups is 1. The van der Waals surface area contributed by atoms with Gasteiger partial charge in [-0.3, -0.25) is 24.2 Å². The molecule has 2 aromatic carbocycles. The van der Waals surface area contributed by atoms with Crippen molar-refractivity contribution in [2.45, 2.75) is 13.8 Å². The molecule has 1 saturated heterocycles. The van der Waals surface area contributed by atoms with Gasteiger partial charge in [-0.05, 0) is 36.2 Å². The van der Waals surface area contributed by atoms with Gasteiger partial charge in [0.1, 0.15) is 16.6 Å². The minimum Gasteiger partial charge on any atom is -0.497 e. The molecule has 4 rings (SSSR count). The van der Waals surface area contributed by atoms with Gasteiger partial charge in [-0.1, -0.05) is 56.0 Å². The first-order valence-corrected chi connectivity index (χ1v) is 11.7. The fourth-order valence-electron chi connectivity index (χ4n) is 3.75. The van der Waals surface area contributed by atoms with Crippen LogP contribution in [-0.4, -0.2) is 47.1 Å². The Bertz CT molecular complexity index is 1170. The lowest BCUT2D eigenvalue weighted by Gasteiger charge is -2.17. The summed E-state index contributed by atoms with van der Waals surface area (Å²) >= 11 is 6.55. The van der Waals surface area contributed by atoms with Crippen LogP contribution in [0, 0.1) is 5.92 Å². The number of carbonyl (C=O) groups excluding carboxylic acids is 3. The number of benzene rings is 2. The first-order chi connectivity index (χ1) is 15.8. The third-order valence-electron chi connectivity index (χ3n) is 5.22. The molecule has 9 heteroatoms. The number of anilines is 2. The number of nitrogens with zero attached hydrogens (tertiary/aromatic N) is 2. The molecular formula is C24H23N3O4S2. The fourth-order valence-corrected chi connectivity index (χ4v) is 5.09. The molecule has 170 valence electrons. The molecule has 3 amide bonds. The van der Waals surface area contributed by atoms with Crippen molar-refractivity contribution in [3.8, 4) is 5.75 Å². The average Bonchev–Trinajstić information content (AvgIpc) is 3.21. The first kappa shape index (κ1) is 23.0. The van der Waals surface area contributed by atoms with Crippen molar-refractivity contribution in [2.75, 3.05) is 30.4 Å². The van der Waals surface area contributed by atoms with Gasteiger partial charge in [0.25, 0.3) is 11.8 Å². The summed E-state index contributed by atoms with van der Waals surface area (Å²) in [5.74, 6) is -0.0814. The lowest BCUT2D eigenvalue weighted by Crippen LogP contribution is -2.36. The van der Waals surface area contributed by atoms with Crippen LogP contribution in [0.4, 0.5) is 11.4 Å². The van der Waals surface area contributed by atoms with Crippen LogP contribution in [0.25, 0.3) is 5.57 Å². The maximum atomic E-state index is 13.4. The number of thiocarbonyl (C=S) groups is 1. The zero-order chi connectivity index (χ0) is 23.7. The number of ether oxygens (including phenoxy) is 1. The number of hydrogen-bond donors (Lipinski definition) is 1. The van der Waals surface area contributed by atoms with Crippen LogP contribution in [0.1, 0.15) is 19.4 Å². The predicted molar refractivity (Wildman–Crippen MR) is 134 cm³/mol. The van der Waals surface area contributed by atoms with E-state index in [1.807, 2.05) is 19.9 Å². The highest BCUT2D eigenvalue weighted by Gasteiger charge is 2.42. The molecular weight excluding hydrogens is 458 g/mol. The Kier molecular flexibility index (Phi) is 6.53. The Morgan fingerprint density at radius 1 is 1.06 bits per heavy atom. The third kappa shape index (κ3) is 4.51. The highest BCUT2D eigenvalue weighted by molar-refractivity contribution is 8.26. The quantitative estimate of drug-likeness (QED) is 0.498. The summed E-state index contributed by atoms with van der Waals surface area (Å²) in [6.45, 7) is 4.32. The maximum Gasteiger partial charge on any atom is 0.267 e. The second kappa shape index (κ2) is 9.36. The molecule has 0 saturated carbocycles. The van der Waals surface area contributed by atoms with Crippen molar-refractivity contribution < 1.29 is 19.1 Å². The third-order valence-corrected chi connectivity index (χ3v) is 6.67. The van der Waals surface area contributed by atoms with Crippen LogP contribution in [0.2, 0.25) is 0 Å². The highest BCUT2D eigenvalue weighted by atomic mass is 32.2. The molecule has 0 spiro atoms. The van der Waals surface area contributed by atoms with Crippen LogP contribution < -0.4 is 15.0 Å². The van der Waals surface area contributed by atoms with Gasteiger partial charge in [0.15, 0.2) is 0 Å². The van der Waals surface area contributed by atoms with Gasteiger partial charge in [0, 0.05) is 17.8 Å². The van der Waals surface area contributed by atoms with Crippen molar-refractivity contribution >= 4 is 63.0 Å². The van der Waals surface area contributed by atoms with Gasteiger partial charge in [-0.25, -0.2) is 0 Å². The van der Waals surface area contributed by atoms with Gasteiger partial charge in [-0.2, -0.15) is 0 Å². The summed E-state index contributed by atoms with van der Waals surface area (Å²) in [4.78, 5) is 42.6. The molecule has 0 radical (unpaired) electrons. The van der Waals surface area contributed by atoms with Crippen molar-refractivity contribution in [2.24, 2.45) is 5.92 Å². The highest BCUT2D eigenvalue weighted by Crippen LogP contribution is 2.44. The SMILES string of the molecule is COc1ccc(NC(=O)CN2C(=O)/C(=C3/SC(=S)N(CC(C)C)C3=O)c3ccccc32)cc1. The largest absolute Gasteiger partial charge is 0.497 e. The molecule has 0 aliphatic carbocycles. The summed E-state index contributed by atoms with van der Waals surface area (Å²) < 4.78 is 5.57. The van der Waals surface area contributed by atoms with E-state index < -0.39 is 0 Å². The lowest BCUT2D eigenvalue weighted by atomic mass is 10.1. The standard InChI is InChI=1S/C24H23N3O4S2/c1-14(2)12-27-23(30)21(33-24(27)32)20-17-6-4-5-7-18(17)26(22(20)29)13-19(28)25-15-8-10-16(31-3)11-9-15/h4-11,14H,12-13H2,1-3H3,(H,25,28)/b21-20+. The number of para-hydroxylation sites is 1. The lowest BCUT2D eigenvalue weighted by molar-refractivity contribution is -0.122. The van der Waals surface area contributed by atoms with Crippen LogP contribution in [0.5, 0.6) is 5.75 Å². The summed E-state index contributed by atoms with van der Waals surface area (Å²) in [7, 11) is 1.57. The molecule has 1 fully saturated rings. The van der Waals surface area contributed by atoms with E-state index in [1.165, 1.54) is 4.90 Å². The van der Waals surface area contributed by atoms with Crippen molar-refractivity contribution in [3.05, 3.63) is 59.0 Å². The maximum absolute atomic E-state index is 13.4. The number of methoxy groups -OCH3 is 1. The fraction of sp³-hybridized carbons (Fsp3) is 0.250. The van der Waals surface area contributed by atoms with E-state index in [9.17, 15) is 14.4 Å². The van der Waals surface area contributed by atoms with Gasteiger partial charge in [0.05, 0.1) is 23.3 Å². The Labute approximate surface area is 201 Å². The molecule has 0 atom stereocenters. The Balaban J connectivity index is 1.61. The summed E-state index contributed by atoms with van der Waals surface area (Å²) in [6, 6.07) is 14.1. The number of fused-ring (bicyclic) bond motifs is 1. The Hall–Kier alpha value is -3.17. The van der Waals surface area contributed by atoms with Crippen molar-refractivity contribution in [1.29, 1.82) is 0 Å². The van der Waals surface area contributed by atoms with E-state index in [1.54, 1.807) is 54.5 Å². The topological polar surface area (TPSA) is 79.0 Å². The number of carbonyl (C=O) groups is 3. The molecule has 1 N–H and O–H groups in total. The van der Waals surface area contributed by atoms with Gasteiger partial charge < -0.3 is 10.1 Å². The van der Waals surface area contributed by atoms with Crippen molar-refractivity contribution in [3.63, 3.8) is 0 Å². The second-order valence-corrected chi connectivity index (χ2v) is 9.71. The van der Waals surface area contributed by atoms with E-state index in [-0.39, 0.29) is 30.2 Å². The molecule has 0 unspecified atom stereocenters. The van der Waals surface area contributed by atoms with Crippen LogP contribution in [-0.2, 0) is 14.4 Å². The monoisotopic (exact) mass is 481 g/mol. The normalized spacial score (nSPS) is 17.8. The summed E-state index contributed by atoms with van der Waals surface area (Å²) in [5, 5.41) is 2.79. The zero-order valence-electron chi connectivity index (χ0n) is 18.5. The Morgan fingerprint density at radius 3 is 2.42 bits per heavy atom. The second-order valence-electron chi connectivity index (χ2n) is 8.07. The van der Waals surface area contributed by atoms with E-state index in [4.69, 9.17) is 17.0 Å². The molecule has 0 aromatic heterocycles. The van der Waals surface area contributed by atoms with Crippen molar-refractivity contribution in [1.82, 2.24) is 4.90 Å². The van der Waals surface area contributed by atoms with E-state index in [0.29, 0.717) is 44.0 Å². The average molecular weight is 482 g/mol. The van der Waals surface area contributed by atoms with Gasteiger partial charge in [0.2, 0.25) is 5.91 Å². The minimum atomic E-state index is -0.383. The van der Waals surface area contributed by atoms with Gasteiger partial charge in [-0.15, -0.1) is 0 Å². The van der Waals surface area contributed by atoms with E-state index in [0.717, 1.165) is 11.8 Å². The zero-order valence-corrected chi connectivity index (χ0v) is 20.1. The Morgan fingerprint density at radius 2 is 1.76 bits per heavy atom. The molecule has 7 nitrogen and oxygen atoms in total. The number of rotatable bonds is 6. The molecule has 2 aromatic rings. The molecule has 0 bridgehead atoms. The van der Waals surface area contributed by atoms with Crippen LogP contribution >= 0.6 is 24.0 Å². The molecule has 2 aliphatic heterocycles.